The van der Waals surface area contributed by atoms with Crippen molar-refractivity contribution in [1.29, 1.82) is 0 Å². The number of guanidine groups is 1. The van der Waals surface area contributed by atoms with Crippen molar-refractivity contribution in [3.63, 3.8) is 0 Å². The Labute approximate surface area is 158 Å². The second kappa shape index (κ2) is 7.99. The number of hydrogen-bond acceptors (Lipinski definition) is 2. The van der Waals surface area contributed by atoms with E-state index in [4.69, 9.17) is 4.74 Å². The van der Waals surface area contributed by atoms with E-state index >= 15 is 0 Å². The third-order valence-electron chi connectivity index (χ3n) is 6.80. The van der Waals surface area contributed by atoms with Crippen LogP contribution in [0, 0.1) is 11.3 Å². The van der Waals surface area contributed by atoms with Gasteiger partial charge in [0.05, 0.1) is 6.61 Å². The molecule has 1 unspecified atom stereocenters. The molecule has 3 fully saturated rings. The predicted molar refractivity (Wildman–Crippen MR) is 107 cm³/mol. The van der Waals surface area contributed by atoms with Gasteiger partial charge in [-0.25, -0.2) is 0 Å². The summed E-state index contributed by atoms with van der Waals surface area (Å²) in [5.41, 5.74) is 1.92. The fourth-order valence-corrected chi connectivity index (χ4v) is 5.08. The van der Waals surface area contributed by atoms with Crippen molar-refractivity contribution in [2.24, 2.45) is 16.3 Å². The van der Waals surface area contributed by atoms with Gasteiger partial charge >= 0.3 is 0 Å². The molecular formula is C22H33N3O. The fourth-order valence-electron chi connectivity index (χ4n) is 5.08. The molecule has 4 heteroatoms. The minimum Gasteiger partial charge on any atom is -0.381 e. The highest BCUT2D eigenvalue weighted by molar-refractivity contribution is 5.80. The van der Waals surface area contributed by atoms with Gasteiger partial charge in [-0.3, -0.25) is 4.99 Å². The first-order chi connectivity index (χ1) is 12.8. The summed E-state index contributed by atoms with van der Waals surface area (Å²) in [7, 11) is 1.92. The van der Waals surface area contributed by atoms with Gasteiger partial charge in [0.2, 0.25) is 0 Å². The normalized spacial score (nSPS) is 32.3. The monoisotopic (exact) mass is 355 g/mol. The third kappa shape index (κ3) is 3.90. The molecule has 0 radical (unpaired) electrons. The van der Waals surface area contributed by atoms with E-state index in [-0.39, 0.29) is 0 Å². The van der Waals surface area contributed by atoms with Crippen LogP contribution >= 0.6 is 0 Å². The molecule has 4 rings (SSSR count). The number of benzene rings is 1. The number of aliphatic imine (C=N–C) groups is 1. The van der Waals surface area contributed by atoms with Crippen LogP contribution in [0.4, 0.5) is 0 Å². The van der Waals surface area contributed by atoms with Crippen LogP contribution in [0.15, 0.2) is 35.3 Å². The largest absolute Gasteiger partial charge is 0.381 e. The molecule has 26 heavy (non-hydrogen) atoms. The van der Waals surface area contributed by atoms with Crippen molar-refractivity contribution in [3.05, 3.63) is 35.9 Å². The smallest absolute Gasteiger partial charge is 0.193 e. The molecule has 2 heterocycles. The van der Waals surface area contributed by atoms with Crippen molar-refractivity contribution in [1.82, 2.24) is 10.2 Å². The molecule has 1 spiro atoms. The second-order valence-electron chi connectivity index (χ2n) is 8.53. The number of likely N-dealkylation sites (tertiary alicyclic amines) is 1. The van der Waals surface area contributed by atoms with Crippen molar-refractivity contribution < 1.29 is 4.74 Å². The van der Waals surface area contributed by atoms with E-state index in [1.807, 2.05) is 7.05 Å². The lowest BCUT2D eigenvalue weighted by Gasteiger charge is -2.31. The Balaban J connectivity index is 1.24. The number of ether oxygens (including phenoxy) is 1. The highest BCUT2D eigenvalue weighted by Crippen LogP contribution is 2.38. The van der Waals surface area contributed by atoms with Crippen LogP contribution in [0.25, 0.3) is 0 Å². The van der Waals surface area contributed by atoms with E-state index in [1.165, 1.54) is 44.1 Å². The zero-order chi connectivity index (χ0) is 17.8. The Kier molecular flexibility index (Phi) is 5.49. The molecule has 1 atom stereocenters. The molecule has 1 saturated carbocycles. The van der Waals surface area contributed by atoms with Crippen molar-refractivity contribution in [3.8, 4) is 0 Å². The summed E-state index contributed by atoms with van der Waals surface area (Å²) in [6.07, 6.45) is 7.74. The molecule has 2 aliphatic heterocycles. The Hall–Kier alpha value is -1.55. The second-order valence-corrected chi connectivity index (χ2v) is 8.53. The van der Waals surface area contributed by atoms with Crippen LogP contribution in [0.3, 0.4) is 0 Å². The number of rotatable bonds is 3. The standard InChI is InChI=1S/C22H33N3O/c1-23-21(25-13-11-22(16-25)12-14-26-17-22)24-15-18-7-9-20(10-8-18)19-5-3-2-4-6-19/h2-6,18,20H,7-17H2,1H3,(H,23,24). The van der Waals surface area contributed by atoms with Gasteiger partial charge < -0.3 is 15.0 Å². The van der Waals surface area contributed by atoms with E-state index in [9.17, 15) is 0 Å². The first-order valence-electron chi connectivity index (χ1n) is 10.4. The first kappa shape index (κ1) is 17.8. The van der Waals surface area contributed by atoms with E-state index in [1.54, 1.807) is 0 Å². The molecule has 3 aliphatic rings. The minimum atomic E-state index is 0.394. The molecule has 142 valence electrons. The molecular weight excluding hydrogens is 322 g/mol. The Morgan fingerprint density at radius 1 is 1.19 bits per heavy atom. The van der Waals surface area contributed by atoms with Gasteiger partial charge in [0.1, 0.15) is 0 Å². The van der Waals surface area contributed by atoms with Crippen molar-refractivity contribution in [2.75, 3.05) is 39.9 Å². The zero-order valence-corrected chi connectivity index (χ0v) is 16.1. The topological polar surface area (TPSA) is 36.9 Å². The molecule has 0 amide bonds. The number of nitrogens with zero attached hydrogens (tertiary/aromatic N) is 2. The van der Waals surface area contributed by atoms with E-state index < -0.39 is 0 Å². The van der Waals surface area contributed by atoms with E-state index in [2.05, 4.69) is 45.5 Å². The summed E-state index contributed by atoms with van der Waals surface area (Å²) >= 11 is 0. The lowest BCUT2D eigenvalue weighted by Crippen LogP contribution is -2.43. The molecule has 1 aromatic carbocycles. The average Bonchev–Trinajstić information content (AvgIpc) is 3.34. The van der Waals surface area contributed by atoms with Gasteiger partial charge in [-0.1, -0.05) is 30.3 Å². The number of nitrogens with one attached hydrogen (secondary N) is 1. The average molecular weight is 356 g/mol. The quantitative estimate of drug-likeness (QED) is 0.664. The maximum Gasteiger partial charge on any atom is 0.193 e. The van der Waals surface area contributed by atoms with Crippen LogP contribution in [-0.4, -0.2) is 50.8 Å². The van der Waals surface area contributed by atoms with Crippen LogP contribution in [0.5, 0.6) is 0 Å². The van der Waals surface area contributed by atoms with Crippen LogP contribution in [-0.2, 0) is 4.74 Å². The van der Waals surface area contributed by atoms with Crippen molar-refractivity contribution >= 4 is 5.96 Å². The molecule has 1 N–H and O–H groups in total. The highest BCUT2D eigenvalue weighted by atomic mass is 16.5. The summed E-state index contributed by atoms with van der Waals surface area (Å²) in [6.45, 7) is 5.15. The fraction of sp³-hybridized carbons (Fsp3) is 0.682. The van der Waals surface area contributed by atoms with Crippen LogP contribution in [0.2, 0.25) is 0 Å². The molecule has 1 aromatic rings. The summed E-state index contributed by atoms with van der Waals surface area (Å²) in [5.74, 6) is 2.63. The summed E-state index contributed by atoms with van der Waals surface area (Å²) < 4.78 is 5.66. The van der Waals surface area contributed by atoms with Gasteiger partial charge in [0, 0.05) is 38.7 Å². The SMILES string of the molecule is CN=C(NCC1CCC(c2ccccc2)CC1)N1CCC2(CCOC2)C1. The molecule has 4 nitrogen and oxygen atoms in total. The van der Waals surface area contributed by atoms with Gasteiger partial charge in [-0.2, -0.15) is 0 Å². The number of hydrogen-bond donors (Lipinski definition) is 1. The maximum absolute atomic E-state index is 5.66. The first-order valence-corrected chi connectivity index (χ1v) is 10.4. The highest BCUT2D eigenvalue weighted by Gasteiger charge is 2.42. The Bertz CT molecular complexity index is 601. The van der Waals surface area contributed by atoms with Gasteiger partial charge in [0.25, 0.3) is 0 Å². The zero-order valence-electron chi connectivity index (χ0n) is 16.1. The van der Waals surface area contributed by atoms with Crippen molar-refractivity contribution in [2.45, 2.75) is 44.4 Å². The summed E-state index contributed by atoms with van der Waals surface area (Å²) in [5, 5.41) is 3.68. The van der Waals surface area contributed by atoms with E-state index in [0.29, 0.717) is 5.41 Å². The lowest BCUT2D eigenvalue weighted by atomic mass is 9.79. The van der Waals surface area contributed by atoms with Crippen LogP contribution in [0.1, 0.15) is 50.0 Å². The predicted octanol–water partition coefficient (Wildman–Crippen LogP) is 3.65. The third-order valence-corrected chi connectivity index (χ3v) is 6.80. The molecule has 2 saturated heterocycles. The van der Waals surface area contributed by atoms with E-state index in [0.717, 1.165) is 50.6 Å². The lowest BCUT2D eigenvalue weighted by molar-refractivity contribution is 0.156. The summed E-state index contributed by atoms with van der Waals surface area (Å²) in [6, 6.07) is 11.0. The maximum atomic E-state index is 5.66. The molecule has 0 bridgehead atoms. The van der Waals surface area contributed by atoms with Gasteiger partial charge in [0.15, 0.2) is 5.96 Å². The van der Waals surface area contributed by atoms with Crippen LogP contribution < -0.4 is 5.32 Å². The van der Waals surface area contributed by atoms with Gasteiger partial charge in [-0.05, 0) is 55.9 Å². The minimum absolute atomic E-state index is 0.394. The summed E-state index contributed by atoms with van der Waals surface area (Å²) in [4.78, 5) is 7.01. The molecule has 1 aliphatic carbocycles. The Morgan fingerprint density at radius 3 is 2.69 bits per heavy atom. The van der Waals surface area contributed by atoms with Gasteiger partial charge in [-0.15, -0.1) is 0 Å². The molecule has 0 aromatic heterocycles. The Morgan fingerprint density at radius 2 is 2.00 bits per heavy atom.